The molecule has 29 heavy (non-hydrogen) atoms. The van der Waals surface area contributed by atoms with E-state index in [1.807, 2.05) is 24.3 Å². The van der Waals surface area contributed by atoms with E-state index in [1.165, 1.54) is 17.7 Å². The van der Waals surface area contributed by atoms with Crippen molar-refractivity contribution < 1.29 is 19.4 Å². The smallest absolute Gasteiger partial charge is 0.337 e. The average molecular weight is 458 g/mol. The fourth-order valence-corrected chi connectivity index (χ4v) is 3.75. The van der Waals surface area contributed by atoms with Crippen LogP contribution in [0.25, 0.3) is 0 Å². The first-order valence-corrected chi connectivity index (χ1v) is 10.1. The van der Waals surface area contributed by atoms with Crippen molar-refractivity contribution in [2.75, 3.05) is 32.8 Å². The average Bonchev–Trinajstić information content (AvgIpc) is 2.69. The minimum absolute atomic E-state index is 0.00274. The molecule has 0 radical (unpaired) electrons. The molecule has 0 unspecified atom stereocenters. The summed E-state index contributed by atoms with van der Waals surface area (Å²) in [5, 5.41) is 9.88. The zero-order valence-electron chi connectivity index (χ0n) is 15.4. The number of carboxylic acid groups (broad SMARTS) is 1. The van der Waals surface area contributed by atoms with Gasteiger partial charge in [-0.1, -0.05) is 46.9 Å². The predicted octanol–water partition coefficient (Wildman–Crippen LogP) is 4.07. The Morgan fingerprint density at radius 2 is 1.62 bits per heavy atom. The molecular weight excluding hydrogens is 439 g/mol. The number of hydrogen-bond acceptors (Lipinski definition) is 4. The highest BCUT2D eigenvalue weighted by atomic mass is 35.5. The fourth-order valence-electron chi connectivity index (χ4n) is 3.06. The van der Waals surface area contributed by atoms with E-state index in [0.29, 0.717) is 18.1 Å². The van der Waals surface area contributed by atoms with Gasteiger partial charge in [0, 0.05) is 37.7 Å². The van der Waals surface area contributed by atoms with Gasteiger partial charge in [0.05, 0.1) is 15.6 Å². The van der Waals surface area contributed by atoms with Gasteiger partial charge < -0.3 is 14.7 Å². The van der Waals surface area contributed by atoms with Crippen molar-refractivity contribution >= 4 is 46.7 Å². The number of aromatic carboxylic acids is 1. The molecule has 0 aromatic heterocycles. The van der Waals surface area contributed by atoms with E-state index >= 15 is 0 Å². The normalized spacial score (nSPS) is 14.7. The Hall–Kier alpha value is -1.99. The molecule has 1 aliphatic rings. The molecule has 2 aromatic carbocycles. The van der Waals surface area contributed by atoms with Crippen LogP contribution in [0.2, 0.25) is 15.1 Å². The maximum atomic E-state index is 12.5. The maximum Gasteiger partial charge on any atom is 0.337 e. The Morgan fingerprint density at radius 3 is 2.24 bits per heavy atom. The molecule has 0 aliphatic carbocycles. The van der Waals surface area contributed by atoms with Gasteiger partial charge in [-0.25, -0.2) is 4.79 Å². The summed E-state index contributed by atoms with van der Waals surface area (Å²) in [6, 6.07) is 10.4. The van der Waals surface area contributed by atoms with Gasteiger partial charge >= 0.3 is 5.97 Å². The van der Waals surface area contributed by atoms with Crippen LogP contribution < -0.4 is 4.74 Å². The standard InChI is InChI=1S/C20H19Cl3N2O4/c21-14-3-1-13(2-4-14)11-24-7-9-25(10-8-24)17(26)12-29-19-16(22)6-5-15(18(19)23)20(27)28/h1-6H,7-12H2,(H,27,28). The SMILES string of the molecule is O=C(O)c1ccc(Cl)c(OCC(=O)N2CCN(Cc3ccc(Cl)cc3)CC2)c1Cl. The van der Waals surface area contributed by atoms with Crippen molar-refractivity contribution in [1.29, 1.82) is 0 Å². The topological polar surface area (TPSA) is 70.1 Å². The van der Waals surface area contributed by atoms with Gasteiger partial charge in [-0.3, -0.25) is 9.69 Å². The molecule has 2 aromatic rings. The van der Waals surface area contributed by atoms with E-state index in [1.54, 1.807) is 4.90 Å². The fraction of sp³-hybridized carbons (Fsp3) is 0.300. The Labute approximate surface area is 183 Å². The number of ether oxygens (including phenoxy) is 1. The number of nitrogens with zero attached hydrogens (tertiary/aromatic N) is 2. The second-order valence-electron chi connectivity index (χ2n) is 6.62. The summed E-state index contributed by atoms with van der Waals surface area (Å²) >= 11 is 18.0. The molecule has 1 saturated heterocycles. The summed E-state index contributed by atoms with van der Waals surface area (Å²) in [4.78, 5) is 27.6. The van der Waals surface area contributed by atoms with E-state index in [9.17, 15) is 9.59 Å². The van der Waals surface area contributed by atoms with Gasteiger partial charge in [0.25, 0.3) is 5.91 Å². The number of hydrogen-bond donors (Lipinski definition) is 1. The van der Waals surface area contributed by atoms with Crippen LogP contribution in [0, 0.1) is 0 Å². The Balaban J connectivity index is 1.52. The molecule has 0 atom stereocenters. The van der Waals surface area contributed by atoms with Gasteiger partial charge in [0.15, 0.2) is 12.4 Å². The molecule has 0 spiro atoms. The van der Waals surface area contributed by atoms with Crippen LogP contribution in [-0.2, 0) is 11.3 Å². The summed E-state index contributed by atoms with van der Waals surface area (Å²) in [5.41, 5.74) is 1.04. The van der Waals surface area contributed by atoms with E-state index in [2.05, 4.69) is 4.90 Å². The van der Waals surface area contributed by atoms with Crippen LogP contribution in [0.1, 0.15) is 15.9 Å². The summed E-state index contributed by atoms with van der Waals surface area (Å²) < 4.78 is 5.46. The van der Waals surface area contributed by atoms with Crippen molar-refractivity contribution in [3.8, 4) is 5.75 Å². The second kappa shape index (κ2) is 9.67. The van der Waals surface area contributed by atoms with Gasteiger partial charge in [-0.05, 0) is 29.8 Å². The number of halogens is 3. The predicted molar refractivity (Wildman–Crippen MR) is 112 cm³/mol. The third kappa shape index (κ3) is 5.54. The number of carbonyl (C=O) groups is 2. The second-order valence-corrected chi connectivity index (χ2v) is 7.84. The Kier molecular flexibility index (Phi) is 7.24. The number of carbonyl (C=O) groups excluding carboxylic acids is 1. The Bertz CT molecular complexity index is 897. The van der Waals surface area contributed by atoms with Gasteiger partial charge in [0.1, 0.15) is 0 Å². The molecule has 1 N–H and O–H groups in total. The van der Waals surface area contributed by atoms with Crippen LogP contribution >= 0.6 is 34.8 Å². The molecular formula is C20H19Cl3N2O4. The number of rotatable bonds is 6. The van der Waals surface area contributed by atoms with Crippen molar-refractivity contribution in [2.24, 2.45) is 0 Å². The summed E-state index contributed by atoms with van der Waals surface area (Å²) in [5.74, 6) is -1.40. The first-order chi connectivity index (χ1) is 13.8. The lowest BCUT2D eigenvalue weighted by Gasteiger charge is -2.34. The van der Waals surface area contributed by atoms with Gasteiger partial charge in [0.2, 0.25) is 0 Å². The highest BCUT2D eigenvalue weighted by Gasteiger charge is 2.23. The third-order valence-corrected chi connectivity index (χ3v) is 5.59. The van der Waals surface area contributed by atoms with Crippen LogP contribution in [0.15, 0.2) is 36.4 Å². The highest BCUT2D eigenvalue weighted by Crippen LogP contribution is 2.35. The van der Waals surface area contributed by atoms with Crippen LogP contribution in [0.4, 0.5) is 0 Å². The first kappa shape index (κ1) is 21.7. The zero-order valence-corrected chi connectivity index (χ0v) is 17.7. The van der Waals surface area contributed by atoms with Gasteiger partial charge in [-0.15, -0.1) is 0 Å². The van der Waals surface area contributed by atoms with Gasteiger partial charge in [-0.2, -0.15) is 0 Å². The lowest BCUT2D eigenvalue weighted by Crippen LogP contribution is -2.49. The van der Waals surface area contributed by atoms with Crippen molar-refractivity contribution in [3.05, 3.63) is 62.6 Å². The van der Waals surface area contributed by atoms with E-state index < -0.39 is 5.97 Å². The lowest BCUT2D eigenvalue weighted by atomic mass is 10.2. The summed E-state index contributed by atoms with van der Waals surface area (Å²) in [6.07, 6.45) is 0. The molecule has 1 fully saturated rings. The molecule has 6 nitrogen and oxygen atoms in total. The van der Waals surface area contributed by atoms with E-state index in [0.717, 1.165) is 19.6 Å². The molecule has 154 valence electrons. The molecule has 9 heteroatoms. The number of piperazine rings is 1. The number of amides is 1. The molecule has 0 bridgehead atoms. The first-order valence-electron chi connectivity index (χ1n) is 8.94. The zero-order chi connectivity index (χ0) is 21.0. The van der Waals surface area contributed by atoms with E-state index in [4.69, 9.17) is 44.6 Å². The molecule has 0 saturated carbocycles. The molecule has 3 rings (SSSR count). The number of carboxylic acids is 1. The largest absolute Gasteiger partial charge is 0.481 e. The minimum atomic E-state index is -1.19. The van der Waals surface area contributed by atoms with Crippen LogP contribution in [0.3, 0.4) is 0 Å². The monoisotopic (exact) mass is 456 g/mol. The summed E-state index contributed by atoms with van der Waals surface area (Å²) in [7, 11) is 0. The Morgan fingerprint density at radius 1 is 0.966 bits per heavy atom. The van der Waals surface area contributed by atoms with E-state index in [-0.39, 0.29) is 33.9 Å². The summed E-state index contributed by atoms with van der Waals surface area (Å²) in [6.45, 7) is 3.16. The van der Waals surface area contributed by atoms with Crippen molar-refractivity contribution in [1.82, 2.24) is 9.80 Å². The number of benzene rings is 2. The molecule has 1 amide bonds. The van der Waals surface area contributed by atoms with Crippen molar-refractivity contribution in [2.45, 2.75) is 6.54 Å². The third-order valence-electron chi connectivity index (χ3n) is 4.66. The molecule has 1 aliphatic heterocycles. The maximum absolute atomic E-state index is 12.5. The minimum Gasteiger partial charge on any atom is -0.481 e. The van der Waals surface area contributed by atoms with Crippen molar-refractivity contribution in [3.63, 3.8) is 0 Å². The van der Waals surface area contributed by atoms with Crippen LogP contribution in [0.5, 0.6) is 5.75 Å². The lowest BCUT2D eigenvalue weighted by molar-refractivity contribution is -0.135. The highest BCUT2D eigenvalue weighted by molar-refractivity contribution is 6.39. The van der Waals surface area contributed by atoms with Crippen LogP contribution in [-0.4, -0.2) is 59.6 Å². The quantitative estimate of drug-likeness (QED) is 0.708. The molecule has 1 heterocycles.